The van der Waals surface area contributed by atoms with E-state index in [9.17, 15) is 0 Å². The second-order valence-electron chi connectivity index (χ2n) is 17.3. The van der Waals surface area contributed by atoms with Gasteiger partial charge in [-0.2, -0.15) is 0 Å². The van der Waals surface area contributed by atoms with Crippen LogP contribution in [0.2, 0.25) is 0 Å². The Bertz CT molecular complexity index is 2340. The molecule has 1 aromatic heterocycles. The molecule has 2 aliphatic rings. The summed E-state index contributed by atoms with van der Waals surface area (Å²) < 4.78 is 0. The van der Waals surface area contributed by atoms with Gasteiger partial charge in [0.15, 0.2) is 5.82 Å². The van der Waals surface area contributed by atoms with E-state index in [-0.39, 0.29) is 22.2 Å². The maximum atomic E-state index is 5.39. The van der Waals surface area contributed by atoms with Crippen LogP contribution in [0.25, 0.3) is 56.2 Å². The summed E-state index contributed by atoms with van der Waals surface area (Å²) in [5, 5.41) is 0. The summed E-state index contributed by atoms with van der Waals surface area (Å²) in [5.41, 5.74) is 10.5. The number of anilines is 2. The van der Waals surface area contributed by atoms with Gasteiger partial charge in [0, 0.05) is 28.1 Å². The Morgan fingerprint density at radius 2 is 0.750 bits per heavy atom. The number of aromatic nitrogens is 2. The van der Waals surface area contributed by atoms with Crippen LogP contribution in [0.5, 0.6) is 0 Å². The van der Waals surface area contributed by atoms with Crippen LogP contribution < -0.4 is 9.80 Å². The van der Waals surface area contributed by atoms with Gasteiger partial charge >= 0.3 is 0 Å². The molecule has 8 rings (SSSR count). The van der Waals surface area contributed by atoms with E-state index in [1.165, 1.54) is 0 Å². The standard InChI is InChI=1S/C50H52N6/c1-33-53-47(3,4)49(7,8)55(33)42-25-17-23-37(30-42)44-32-45(38-24-18-26-43(31-38)56-34(2)54-48(5,6)50(56,9)10)52-46(51-44)41-28-39(35-19-13-11-14-20-35)27-40(29-41)36-21-15-12-16-22-36/h11-32H,1-10H3. The molecule has 2 aliphatic heterocycles. The van der Waals surface area contributed by atoms with Gasteiger partial charge in [-0.15, -0.1) is 0 Å². The summed E-state index contributed by atoms with van der Waals surface area (Å²) in [5.74, 6) is 2.69. The molecule has 0 saturated carbocycles. The van der Waals surface area contributed by atoms with E-state index in [1.54, 1.807) is 0 Å². The lowest BCUT2D eigenvalue weighted by atomic mass is 9.83. The number of aliphatic imine (C=N–C) groups is 2. The summed E-state index contributed by atoms with van der Waals surface area (Å²) in [7, 11) is 0. The first-order valence-corrected chi connectivity index (χ1v) is 19.7. The first-order valence-electron chi connectivity index (χ1n) is 19.7. The van der Waals surface area contributed by atoms with Crippen molar-refractivity contribution in [3.63, 3.8) is 0 Å². The molecule has 0 N–H and O–H groups in total. The van der Waals surface area contributed by atoms with E-state index in [1.807, 2.05) is 0 Å². The largest absolute Gasteiger partial charge is 0.322 e. The smallest absolute Gasteiger partial charge is 0.160 e. The van der Waals surface area contributed by atoms with Crippen LogP contribution in [0, 0.1) is 0 Å². The maximum absolute atomic E-state index is 5.39. The molecule has 0 fully saturated rings. The van der Waals surface area contributed by atoms with Crippen molar-refractivity contribution in [2.75, 3.05) is 9.80 Å². The topological polar surface area (TPSA) is 57.0 Å². The number of amidine groups is 2. The van der Waals surface area contributed by atoms with Gasteiger partial charge in [0.1, 0.15) is 11.7 Å². The molecule has 6 heteroatoms. The third-order valence-corrected chi connectivity index (χ3v) is 12.6. The summed E-state index contributed by atoms with van der Waals surface area (Å²) >= 11 is 0. The van der Waals surface area contributed by atoms with E-state index in [4.69, 9.17) is 20.0 Å². The molecule has 0 atom stereocenters. The number of nitrogens with zero attached hydrogens (tertiary/aromatic N) is 6. The van der Waals surface area contributed by atoms with Gasteiger partial charge in [-0.25, -0.2) is 9.97 Å². The summed E-state index contributed by atoms with van der Waals surface area (Å²) in [6.45, 7) is 22.1. The Labute approximate surface area is 332 Å². The van der Waals surface area contributed by atoms with Crippen molar-refractivity contribution < 1.29 is 0 Å². The molecule has 56 heavy (non-hydrogen) atoms. The number of rotatable bonds is 7. The minimum absolute atomic E-state index is 0.219. The SMILES string of the molecule is CC1=NC(C)(C)C(C)(C)N1c1cccc(-c2cc(-c3cccc(N4C(C)=NC(C)(C)C4(C)C)c3)nc(-c3cc(-c4ccccc4)cc(-c4ccccc4)c3)n2)c1. The van der Waals surface area contributed by atoms with Crippen LogP contribution in [-0.4, -0.2) is 43.8 Å². The highest BCUT2D eigenvalue weighted by Crippen LogP contribution is 2.44. The van der Waals surface area contributed by atoms with Gasteiger partial charge in [0.25, 0.3) is 0 Å². The summed E-state index contributed by atoms with van der Waals surface area (Å²) in [6.07, 6.45) is 0. The van der Waals surface area contributed by atoms with Crippen molar-refractivity contribution in [2.45, 2.75) is 91.4 Å². The summed E-state index contributed by atoms with van der Waals surface area (Å²) in [6, 6.07) is 47.4. The van der Waals surface area contributed by atoms with Crippen LogP contribution in [0.1, 0.15) is 69.2 Å². The third kappa shape index (κ3) is 6.31. The zero-order valence-corrected chi connectivity index (χ0v) is 34.4. The molecule has 5 aromatic carbocycles. The Balaban J connectivity index is 1.32. The van der Waals surface area contributed by atoms with Gasteiger partial charge < -0.3 is 9.80 Å². The van der Waals surface area contributed by atoms with Crippen LogP contribution in [0.15, 0.2) is 143 Å². The van der Waals surface area contributed by atoms with Gasteiger partial charge in [-0.1, -0.05) is 84.9 Å². The molecular formula is C50H52N6. The second-order valence-corrected chi connectivity index (χ2v) is 17.3. The molecule has 0 bridgehead atoms. The van der Waals surface area contributed by atoms with Gasteiger partial charge in [0.2, 0.25) is 0 Å². The van der Waals surface area contributed by atoms with Crippen LogP contribution in [0.3, 0.4) is 0 Å². The predicted octanol–water partition coefficient (Wildman–Crippen LogP) is 12.4. The quantitative estimate of drug-likeness (QED) is 0.164. The fourth-order valence-corrected chi connectivity index (χ4v) is 8.39. The van der Waals surface area contributed by atoms with E-state index in [2.05, 4.69) is 212 Å². The highest BCUT2D eigenvalue weighted by Gasteiger charge is 2.49. The Morgan fingerprint density at radius 3 is 1.12 bits per heavy atom. The highest BCUT2D eigenvalue weighted by molar-refractivity contribution is 6.01. The van der Waals surface area contributed by atoms with Crippen molar-refractivity contribution >= 4 is 23.0 Å². The predicted molar refractivity (Wildman–Crippen MR) is 237 cm³/mol. The van der Waals surface area contributed by atoms with E-state index < -0.39 is 0 Å². The molecule has 6 aromatic rings. The molecule has 282 valence electrons. The maximum Gasteiger partial charge on any atom is 0.160 e. The molecule has 0 amide bonds. The molecule has 0 aliphatic carbocycles. The molecule has 0 radical (unpaired) electrons. The van der Waals surface area contributed by atoms with Crippen LogP contribution in [0.4, 0.5) is 11.4 Å². The summed E-state index contributed by atoms with van der Waals surface area (Å²) in [4.78, 5) is 25.7. The van der Waals surface area contributed by atoms with Crippen molar-refractivity contribution in [3.05, 3.63) is 133 Å². The van der Waals surface area contributed by atoms with Gasteiger partial charge in [-0.05, 0) is 140 Å². The molecular weight excluding hydrogens is 685 g/mol. The normalized spacial score (nSPS) is 17.8. The van der Waals surface area contributed by atoms with E-state index in [0.29, 0.717) is 5.82 Å². The third-order valence-electron chi connectivity index (χ3n) is 12.6. The zero-order valence-electron chi connectivity index (χ0n) is 34.4. The minimum Gasteiger partial charge on any atom is -0.322 e. The number of hydrogen-bond acceptors (Lipinski definition) is 6. The minimum atomic E-state index is -0.240. The molecule has 0 saturated heterocycles. The Morgan fingerprint density at radius 1 is 0.375 bits per heavy atom. The van der Waals surface area contributed by atoms with Crippen molar-refractivity contribution in [1.82, 2.24) is 9.97 Å². The van der Waals surface area contributed by atoms with Gasteiger partial charge in [0.05, 0.1) is 33.5 Å². The van der Waals surface area contributed by atoms with Crippen LogP contribution >= 0.6 is 0 Å². The lowest BCUT2D eigenvalue weighted by Gasteiger charge is -2.41. The monoisotopic (exact) mass is 736 g/mol. The molecule has 0 unspecified atom stereocenters. The fourth-order valence-electron chi connectivity index (χ4n) is 8.39. The fraction of sp³-hybridized carbons (Fsp3) is 0.280. The Kier molecular flexibility index (Phi) is 8.87. The van der Waals surface area contributed by atoms with Crippen molar-refractivity contribution in [3.8, 4) is 56.2 Å². The van der Waals surface area contributed by atoms with Gasteiger partial charge in [-0.3, -0.25) is 9.98 Å². The van der Waals surface area contributed by atoms with Crippen LogP contribution in [-0.2, 0) is 0 Å². The number of hydrogen-bond donors (Lipinski definition) is 0. The van der Waals surface area contributed by atoms with Crippen molar-refractivity contribution in [2.24, 2.45) is 9.98 Å². The second kappa shape index (κ2) is 13.4. The average molecular weight is 737 g/mol. The molecule has 6 nitrogen and oxygen atoms in total. The number of benzene rings is 5. The first-order chi connectivity index (χ1) is 26.6. The first kappa shape index (κ1) is 37.1. The lowest BCUT2D eigenvalue weighted by molar-refractivity contribution is 0.338. The van der Waals surface area contributed by atoms with Crippen molar-refractivity contribution in [1.29, 1.82) is 0 Å². The zero-order chi connectivity index (χ0) is 39.6. The molecule has 0 spiro atoms. The molecule has 3 heterocycles. The highest BCUT2D eigenvalue weighted by atomic mass is 15.3. The van der Waals surface area contributed by atoms with E-state index >= 15 is 0 Å². The lowest BCUT2D eigenvalue weighted by Crippen LogP contribution is -2.53. The van der Waals surface area contributed by atoms with E-state index in [0.717, 1.165) is 73.4 Å². The average Bonchev–Trinajstić information content (AvgIpc) is 3.46. The Hall–Kier alpha value is -5.88.